The highest BCUT2D eigenvalue weighted by atomic mass is 16.5. The smallest absolute Gasteiger partial charge is 0.224 e. The zero-order chi connectivity index (χ0) is 12.3. The van der Waals surface area contributed by atoms with Crippen molar-refractivity contribution in [3.8, 4) is 6.07 Å². The zero-order valence-electron chi connectivity index (χ0n) is 9.56. The second-order valence-electron chi connectivity index (χ2n) is 3.53. The quantitative estimate of drug-likeness (QED) is 0.859. The molecule has 0 spiro atoms. The van der Waals surface area contributed by atoms with E-state index in [1.54, 1.807) is 12.3 Å². The molecule has 0 bridgehead atoms. The number of hydrogen-bond donors (Lipinski definition) is 1. The molecule has 0 aliphatic rings. The van der Waals surface area contributed by atoms with Crippen molar-refractivity contribution in [2.75, 3.05) is 5.32 Å². The van der Waals surface area contributed by atoms with Gasteiger partial charge in [-0.3, -0.25) is 0 Å². The van der Waals surface area contributed by atoms with E-state index in [2.05, 4.69) is 20.4 Å². The molecule has 2 rings (SSSR count). The van der Waals surface area contributed by atoms with Crippen LogP contribution in [0.1, 0.15) is 22.7 Å². The highest BCUT2D eigenvalue weighted by Gasteiger charge is 2.08. The molecule has 0 radical (unpaired) electrons. The number of hydrogen-bond acceptors (Lipinski definition) is 6. The van der Waals surface area contributed by atoms with Crippen molar-refractivity contribution < 1.29 is 4.52 Å². The van der Waals surface area contributed by atoms with Crippen LogP contribution in [0.2, 0.25) is 0 Å². The van der Waals surface area contributed by atoms with Gasteiger partial charge in [0.2, 0.25) is 5.95 Å². The molecule has 2 aromatic rings. The molecule has 0 saturated heterocycles. The van der Waals surface area contributed by atoms with Crippen LogP contribution in [0.15, 0.2) is 16.8 Å². The summed E-state index contributed by atoms with van der Waals surface area (Å²) in [6.45, 7) is 4.25. The van der Waals surface area contributed by atoms with Crippen LogP contribution in [0.4, 0.5) is 5.95 Å². The normalized spacial score (nSPS) is 9.94. The fraction of sp³-hybridized carbons (Fsp3) is 0.273. The molecule has 1 N–H and O–H groups in total. The van der Waals surface area contributed by atoms with Gasteiger partial charge in [0.25, 0.3) is 0 Å². The first-order chi connectivity index (χ1) is 8.20. The maximum absolute atomic E-state index is 8.71. The summed E-state index contributed by atoms with van der Waals surface area (Å²) in [7, 11) is 0. The molecule has 0 aliphatic carbocycles. The maximum Gasteiger partial charge on any atom is 0.224 e. The van der Waals surface area contributed by atoms with Gasteiger partial charge in [0.15, 0.2) is 0 Å². The van der Waals surface area contributed by atoms with Gasteiger partial charge in [-0.25, -0.2) is 9.97 Å². The van der Waals surface area contributed by atoms with E-state index in [9.17, 15) is 0 Å². The lowest BCUT2D eigenvalue weighted by atomic mass is 10.2. The number of aromatic nitrogens is 3. The summed E-state index contributed by atoms with van der Waals surface area (Å²) in [4.78, 5) is 8.04. The molecule has 0 atom stereocenters. The van der Waals surface area contributed by atoms with E-state index in [1.807, 2.05) is 19.9 Å². The van der Waals surface area contributed by atoms with Crippen LogP contribution in [-0.2, 0) is 6.54 Å². The Bertz CT molecular complexity index is 550. The van der Waals surface area contributed by atoms with Crippen LogP contribution in [0.5, 0.6) is 0 Å². The molecule has 2 heterocycles. The van der Waals surface area contributed by atoms with Crippen molar-refractivity contribution in [3.05, 3.63) is 35.0 Å². The lowest BCUT2D eigenvalue weighted by Gasteiger charge is -2.03. The summed E-state index contributed by atoms with van der Waals surface area (Å²) in [6, 6.07) is 3.52. The molecule has 0 amide bonds. The van der Waals surface area contributed by atoms with Gasteiger partial charge in [0, 0.05) is 18.3 Å². The highest BCUT2D eigenvalue weighted by molar-refractivity contribution is 5.32. The van der Waals surface area contributed by atoms with Gasteiger partial charge >= 0.3 is 0 Å². The lowest BCUT2D eigenvalue weighted by Crippen LogP contribution is -2.05. The van der Waals surface area contributed by atoms with Crippen molar-refractivity contribution in [2.45, 2.75) is 20.4 Å². The number of nitrogens with one attached hydrogen (secondary N) is 1. The Morgan fingerprint density at radius 2 is 2.29 bits per heavy atom. The summed E-state index contributed by atoms with van der Waals surface area (Å²) in [5.41, 5.74) is 2.16. The van der Waals surface area contributed by atoms with Gasteiger partial charge in [-0.1, -0.05) is 5.16 Å². The van der Waals surface area contributed by atoms with Crippen LogP contribution in [0.3, 0.4) is 0 Å². The minimum atomic E-state index is 0.335. The predicted molar refractivity (Wildman–Crippen MR) is 60.1 cm³/mol. The fourth-order valence-corrected chi connectivity index (χ4v) is 1.43. The number of aryl methyl sites for hydroxylation is 2. The minimum Gasteiger partial charge on any atom is -0.361 e. The van der Waals surface area contributed by atoms with Crippen molar-refractivity contribution in [3.63, 3.8) is 0 Å². The monoisotopic (exact) mass is 229 g/mol. The van der Waals surface area contributed by atoms with E-state index in [-0.39, 0.29) is 0 Å². The van der Waals surface area contributed by atoms with Crippen LogP contribution < -0.4 is 5.32 Å². The third-order valence-electron chi connectivity index (χ3n) is 2.37. The molecule has 0 fully saturated rings. The minimum absolute atomic E-state index is 0.335. The van der Waals surface area contributed by atoms with Gasteiger partial charge in [0.05, 0.1) is 5.69 Å². The Labute approximate surface area is 98.3 Å². The van der Waals surface area contributed by atoms with Gasteiger partial charge in [0.1, 0.15) is 17.5 Å². The van der Waals surface area contributed by atoms with E-state index in [1.165, 1.54) is 0 Å². The summed E-state index contributed by atoms with van der Waals surface area (Å²) in [6.07, 6.45) is 1.54. The summed E-state index contributed by atoms with van der Waals surface area (Å²) in [5.74, 6) is 1.19. The summed E-state index contributed by atoms with van der Waals surface area (Å²) >= 11 is 0. The molecule has 86 valence electrons. The molecule has 6 nitrogen and oxygen atoms in total. The molecule has 0 aromatic carbocycles. The zero-order valence-corrected chi connectivity index (χ0v) is 9.56. The first kappa shape index (κ1) is 11.1. The van der Waals surface area contributed by atoms with Gasteiger partial charge < -0.3 is 9.84 Å². The highest BCUT2D eigenvalue weighted by Crippen LogP contribution is 2.13. The molecule has 6 heteroatoms. The van der Waals surface area contributed by atoms with Gasteiger partial charge in [-0.05, 0) is 19.9 Å². The molecule has 2 aromatic heterocycles. The number of nitriles is 1. The second kappa shape index (κ2) is 4.61. The number of nitrogens with zero attached hydrogens (tertiary/aromatic N) is 4. The van der Waals surface area contributed by atoms with Crippen LogP contribution in [0.25, 0.3) is 0 Å². The maximum atomic E-state index is 8.71. The SMILES string of the molecule is Cc1noc(C)c1CNc1nccc(C#N)n1. The first-order valence-electron chi connectivity index (χ1n) is 5.09. The third-order valence-corrected chi connectivity index (χ3v) is 2.37. The Balaban J connectivity index is 2.10. The predicted octanol–water partition coefficient (Wildman–Crippen LogP) is 1.57. The fourth-order valence-electron chi connectivity index (χ4n) is 1.43. The van der Waals surface area contributed by atoms with E-state index >= 15 is 0 Å². The average Bonchev–Trinajstić information content (AvgIpc) is 2.67. The first-order valence-corrected chi connectivity index (χ1v) is 5.09. The van der Waals surface area contributed by atoms with Crippen LogP contribution in [0, 0.1) is 25.2 Å². The van der Waals surface area contributed by atoms with Crippen LogP contribution >= 0.6 is 0 Å². The van der Waals surface area contributed by atoms with Crippen molar-refractivity contribution in [2.24, 2.45) is 0 Å². The Kier molecular flexibility index (Phi) is 3.01. The third kappa shape index (κ3) is 2.39. The molecular formula is C11H11N5O. The number of anilines is 1. The van der Waals surface area contributed by atoms with Gasteiger partial charge in [-0.15, -0.1) is 0 Å². The molecular weight excluding hydrogens is 218 g/mol. The standard InChI is InChI=1S/C11H11N5O/c1-7-10(8(2)17-16-7)6-14-11-13-4-3-9(5-12)15-11/h3-4H,6H2,1-2H3,(H,13,14,15). The summed E-state index contributed by atoms with van der Waals surface area (Å²) < 4.78 is 5.05. The topological polar surface area (TPSA) is 87.6 Å². The molecule has 0 unspecified atom stereocenters. The Morgan fingerprint density at radius 1 is 1.47 bits per heavy atom. The largest absolute Gasteiger partial charge is 0.361 e. The summed E-state index contributed by atoms with van der Waals surface area (Å²) in [5, 5.41) is 15.6. The Hall–Kier alpha value is -2.42. The van der Waals surface area contributed by atoms with E-state index in [0.29, 0.717) is 18.2 Å². The lowest BCUT2D eigenvalue weighted by molar-refractivity contribution is 0.392. The van der Waals surface area contributed by atoms with Crippen molar-refractivity contribution in [1.82, 2.24) is 15.1 Å². The van der Waals surface area contributed by atoms with Crippen LogP contribution in [-0.4, -0.2) is 15.1 Å². The Morgan fingerprint density at radius 3 is 2.94 bits per heavy atom. The van der Waals surface area contributed by atoms with Crippen molar-refractivity contribution >= 4 is 5.95 Å². The molecule has 17 heavy (non-hydrogen) atoms. The van der Waals surface area contributed by atoms with E-state index in [0.717, 1.165) is 17.0 Å². The van der Waals surface area contributed by atoms with E-state index in [4.69, 9.17) is 9.78 Å². The number of rotatable bonds is 3. The molecule has 0 aliphatic heterocycles. The van der Waals surface area contributed by atoms with E-state index < -0.39 is 0 Å². The average molecular weight is 229 g/mol. The second-order valence-corrected chi connectivity index (χ2v) is 3.53. The van der Waals surface area contributed by atoms with Crippen molar-refractivity contribution in [1.29, 1.82) is 5.26 Å². The molecule has 0 saturated carbocycles. The van der Waals surface area contributed by atoms with Gasteiger partial charge in [-0.2, -0.15) is 5.26 Å².